The SMILES string of the molecule is COc1ccc(NC(=O)[C@H](C)[NH+]2CCC[C@H](C)C2)c([N+](=O)[O-])c1. The largest absolute Gasteiger partial charge is 0.496 e. The number of rotatable bonds is 5. The Morgan fingerprint density at radius 1 is 1.52 bits per heavy atom. The van der Waals surface area contributed by atoms with Crippen molar-refractivity contribution in [3.63, 3.8) is 0 Å². The third-order valence-corrected chi connectivity index (χ3v) is 4.47. The van der Waals surface area contributed by atoms with Gasteiger partial charge in [0.1, 0.15) is 11.4 Å². The van der Waals surface area contributed by atoms with E-state index in [0.717, 1.165) is 19.5 Å². The van der Waals surface area contributed by atoms with Crippen LogP contribution < -0.4 is 15.0 Å². The summed E-state index contributed by atoms with van der Waals surface area (Å²) in [6.07, 6.45) is 2.30. The van der Waals surface area contributed by atoms with Gasteiger partial charge in [-0.2, -0.15) is 0 Å². The number of benzene rings is 1. The van der Waals surface area contributed by atoms with Crippen LogP contribution in [0.4, 0.5) is 11.4 Å². The number of piperidine rings is 1. The molecular formula is C16H24N3O4+. The smallest absolute Gasteiger partial charge is 0.296 e. The van der Waals surface area contributed by atoms with Crippen molar-refractivity contribution >= 4 is 17.3 Å². The molecule has 0 spiro atoms. The number of carbonyl (C=O) groups is 1. The number of methoxy groups -OCH3 is 1. The van der Waals surface area contributed by atoms with Crippen LogP contribution in [0.15, 0.2) is 18.2 Å². The number of nitro groups is 1. The summed E-state index contributed by atoms with van der Waals surface area (Å²) in [6, 6.07) is 4.19. The number of nitro benzene ring substituents is 1. The van der Waals surface area contributed by atoms with Crippen molar-refractivity contribution in [2.75, 3.05) is 25.5 Å². The van der Waals surface area contributed by atoms with Crippen LogP contribution in [0.2, 0.25) is 0 Å². The molecule has 1 aliphatic rings. The van der Waals surface area contributed by atoms with Gasteiger partial charge in [-0.15, -0.1) is 0 Å². The van der Waals surface area contributed by atoms with Gasteiger partial charge < -0.3 is 15.0 Å². The molecule has 0 bridgehead atoms. The summed E-state index contributed by atoms with van der Waals surface area (Å²) in [5.41, 5.74) is 0.0454. The van der Waals surface area contributed by atoms with Crippen molar-refractivity contribution in [3.05, 3.63) is 28.3 Å². The molecule has 2 rings (SSSR count). The van der Waals surface area contributed by atoms with Crippen molar-refractivity contribution in [2.45, 2.75) is 32.7 Å². The topological polar surface area (TPSA) is 85.9 Å². The number of likely N-dealkylation sites (tertiary alicyclic amines) is 1. The maximum Gasteiger partial charge on any atom is 0.296 e. The van der Waals surface area contributed by atoms with E-state index in [9.17, 15) is 14.9 Å². The maximum absolute atomic E-state index is 12.5. The highest BCUT2D eigenvalue weighted by Crippen LogP contribution is 2.28. The predicted octanol–water partition coefficient (Wildman–Crippen LogP) is 1.25. The zero-order chi connectivity index (χ0) is 17.0. The Morgan fingerprint density at radius 2 is 2.26 bits per heavy atom. The van der Waals surface area contributed by atoms with Crippen molar-refractivity contribution in [1.29, 1.82) is 0 Å². The summed E-state index contributed by atoms with van der Waals surface area (Å²) in [6.45, 7) is 5.99. The number of amides is 1. The average molecular weight is 322 g/mol. The van der Waals surface area contributed by atoms with E-state index in [2.05, 4.69) is 12.2 Å². The van der Waals surface area contributed by atoms with Crippen molar-refractivity contribution in [3.8, 4) is 5.75 Å². The second-order valence-electron chi connectivity index (χ2n) is 6.21. The van der Waals surface area contributed by atoms with Gasteiger partial charge in [-0.1, -0.05) is 6.92 Å². The van der Waals surface area contributed by atoms with Gasteiger partial charge in [0.25, 0.3) is 11.6 Å². The number of nitrogens with zero attached hydrogens (tertiary/aromatic N) is 1. The van der Waals surface area contributed by atoms with Gasteiger partial charge in [-0.25, -0.2) is 0 Å². The number of hydrogen-bond acceptors (Lipinski definition) is 4. The summed E-state index contributed by atoms with van der Waals surface area (Å²) in [4.78, 5) is 24.4. The Labute approximate surface area is 135 Å². The van der Waals surface area contributed by atoms with Gasteiger partial charge in [0.05, 0.1) is 31.2 Å². The highest BCUT2D eigenvalue weighted by Gasteiger charge is 2.30. The molecule has 7 heteroatoms. The highest BCUT2D eigenvalue weighted by atomic mass is 16.6. The highest BCUT2D eigenvalue weighted by molar-refractivity contribution is 5.95. The quantitative estimate of drug-likeness (QED) is 0.631. The Bertz CT molecular complexity index is 591. The van der Waals surface area contributed by atoms with Crippen LogP contribution in [0, 0.1) is 16.0 Å². The Morgan fingerprint density at radius 3 is 2.87 bits per heavy atom. The molecule has 0 saturated carbocycles. The summed E-state index contributed by atoms with van der Waals surface area (Å²) in [5, 5.41) is 13.9. The van der Waals surface area contributed by atoms with Gasteiger partial charge >= 0.3 is 0 Å². The van der Waals surface area contributed by atoms with Crippen LogP contribution in [-0.2, 0) is 4.79 Å². The lowest BCUT2D eigenvalue weighted by Gasteiger charge is -2.31. The molecule has 1 amide bonds. The number of hydrogen-bond donors (Lipinski definition) is 2. The van der Waals surface area contributed by atoms with Gasteiger partial charge in [-0.05, 0) is 31.9 Å². The zero-order valence-corrected chi connectivity index (χ0v) is 13.8. The molecule has 7 nitrogen and oxygen atoms in total. The first-order valence-corrected chi connectivity index (χ1v) is 7.90. The van der Waals surface area contributed by atoms with E-state index in [1.54, 1.807) is 6.07 Å². The zero-order valence-electron chi connectivity index (χ0n) is 13.8. The second-order valence-corrected chi connectivity index (χ2v) is 6.21. The number of carbonyl (C=O) groups excluding carboxylic acids is 1. The van der Waals surface area contributed by atoms with Crippen LogP contribution in [0.3, 0.4) is 0 Å². The lowest BCUT2D eigenvalue weighted by Crippen LogP contribution is -3.17. The number of ether oxygens (including phenoxy) is 1. The molecule has 1 aromatic carbocycles. The molecule has 0 radical (unpaired) electrons. The molecule has 1 unspecified atom stereocenters. The van der Waals surface area contributed by atoms with Crippen molar-refractivity contribution in [1.82, 2.24) is 0 Å². The third-order valence-electron chi connectivity index (χ3n) is 4.47. The molecule has 1 saturated heterocycles. The van der Waals surface area contributed by atoms with Gasteiger partial charge in [0.15, 0.2) is 6.04 Å². The predicted molar refractivity (Wildman–Crippen MR) is 86.8 cm³/mol. The van der Waals surface area contributed by atoms with E-state index in [-0.39, 0.29) is 23.3 Å². The fourth-order valence-electron chi connectivity index (χ4n) is 3.04. The molecule has 1 aliphatic heterocycles. The summed E-state index contributed by atoms with van der Waals surface area (Å²) in [5.74, 6) is 0.796. The molecular weight excluding hydrogens is 298 g/mol. The van der Waals surface area contributed by atoms with Crippen LogP contribution >= 0.6 is 0 Å². The lowest BCUT2D eigenvalue weighted by atomic mass is 9.99. The van der Waals surface area contributed by atoms with E-state index >= 15 is 0 Å². The Balaban J connectivity index is 2.11. The number of anilines is 1. The molecule has 1 fully saturated rings. The molecule has 2 N–H and O–H groups in total. The first-order chi connectivity index (χ1) is 10.9. The van der Waals surface area contributed by atoms with E-state index in [1.807, 2.05) is 6.92 Å². The van der Waals surface area contributed by atoms with Crippen LogP contribution in [0.5, 0.6) is 5.75 Å². The average Bonchev–Trinajstić information content (AvgIpc) is 2.54. The standard InChI is InChI=1S/C16H23N3O4/c1-11-5-4-8-18(10-11)12(2)16(20)17-14-7-6-13(23-3)9-15(14)19(21)22/h6-7,9,11-12H,4-5,8,10H2,1-3H3,(H,17,20)/p+1/t11-,12-/m0/s1. The maximum atomic E-state index is 12.5. The molecule has 1 aromatic rings. The van der Waals surface area contributed by atoms with E-state index in [1.165, 1.54) is 30.6 Å². The molecule has 0 aromatic heterocycles. The van der Waals surface area contributed by atoms with Crippen LogP contribution in [0.25, 0.3) is 0 Å². The first kappa shape index (κ1) is 17.2. The summed E-state index contributed by atoms with van der Waals surface area (Å²) < 4.78 is 5.00. The normalized spacial score (nSPS) is 22.2. The molecule has 1 heterocycles. The number of quaternary nitrogens is 1. The fourth-order valence-corrected chi connectivity index (χ4v) is 3.04. The Hall–Kier alpha value is -2.15. The van der Waals surface area contributed by atoms with Gasteiger partial charge in [0.2, 0.25) is 0 Å². The summed E-state index contributed by atoms with van der Waals surface area (Å²) in [7, 11) is 1.44. The molecule has 3 atom stereocenters. The minimum atomic E-state index is -0.515. The van der Waals surface area contributed by atoms with Crippen molar-refractivity contribution < 1.29 is 19.4 Å². The first-order valence-electron chi connectivity index (χ1n) is 7.90. The van der Waals surface area contributed by atoms with Gasteiger partial charge in [0, 0.05) is 5.92 Å². The van der Waals surface area contributed by atoms with E-state index < -0.39 is 4.92 Å². The molecule has 126 valence electrons. The molecule has 23 heavy (non-hydrogen) atoms. The minimum Gasteiger partial charge on any atom is -0.496 e. The van der Waals surface area contributed by atoms with Gasteiger partial charge in [-0.3, -0.25) is 14.9 Å². The van der Waals surface area contributed by atoms with Crippen molar-refractivity contribution in [2.24, 2.45) is 5.92 Å². The fraction of sp³-hybridized carbons (Fsp3) is 0.562. The van der Waals surface area contributed by atoms with Crippen LogP contribution in [0.1, 0.15) is 26.7 Å². The lowest BCUT2D eigenvalue weighted by molar-refractivity contribution is -0.922. The number of nitrogens with one attached hydrogen (secondary N) is 2. The van der Waals surface area contributed by atoms with E-state index in [0.29, 0.717) is 11.7 Å². The Kier molecular flexibility index (Phi) is 5.54. The summed E-state index contributed by atoms with van der Waals surface area (Å²) >= 11 is 0. The third kappa shape index (κ3) is 4.19. The second kappa shape index (κ2) is 7.41. The minimum absolute atomic E-state index is 0.160. The van der Waals surface area contributed by atoms with E-state index in [4.69, 9.17) is 4.74 Å². The monoisotopic (exact) mass is 322 g/mol. The van der Waals surface area contributed by atoms with Crippen LogP contribution in [-0.4, -0.2) is 37.1 Å². The molecule has 0 aliphatic carbocycles.